The molecule has 142 valence electrons. The largest absolute Gasteiger partial charge is 0.444 e. The fourth-order valence-corrected chi connectivity index (χ4v) is 2.20. The number of amides is 1. The van der Waals surface area contributed by atoms with Gasteiger partial charge >= 0.3 is 6.09 Å². The summed E-state index contributed by atoms with van der Waals surface area (Å²) in [6.07, 6.45) is -0.444. The second-order valence-electron chi connectivity index (χ2n) is 6.02. The lowest BCUT2D eigenvalue weighted by Gasteiger charge is -2.20. The Kier molecular flexibility index (Phi) is 11.2. The first-order chi connectivity index (χ1) is 11.2. The van der Waals surface area contributed by atoms with E-state index in [2.05, 4.69) is 20.9 Å². The van der Waals surface area contributed by atoms with Crippen molar-refractivity contribution in [3.05, 3.63) is 33.8 Å². The number of alkyl carbamates (subject to hydrolysis) is 1. The van der Waals surface area contributed by atoms with Gasteiger partial charge in [-0.2, -0.15) is 0 Å². The van der Waals surface area contributed by atoms with Crippen LogP contribution in [-0.2, 0) is 11.3 Å². The number of guanidine groups is 1. The molecule has 0 fully saturated rings. The normalized spacial score (nSPS) is 11.4. The molecule has 1 rings (SSSR count). The van der Waals surface area contributed by atoms with E-state index in [-0.39, 0.29) is 24.0 Å². The number of rotatable bonds is 5. The minimum absolute atomic E-state index is 0. The fourth-order valence-electron chi connectivity index (χ4n) is 1.72. The molecule has 1 amide bonds. The molecule has 9 heteroatoms. The van der Waals surface area contributed by atoms with Gasteiger partial charge in [-0.15, -0.1) is 24.0 Å². The summed E-state index contributed by atoms with van der Waals surface area (Å²) in [5.41, 5.74) is 0.406. The minimum Gasteiger partial charge on any atom is -0.444 e. The van der Waals surface area contributed by atoms with E-state index in [1.165, 1.54) is 0 Å². The first-order valence-electron chi connectivity index (χ1n) is 7.56. The van der Waals surface area contributed by atoms with E-state index < -0.39 is 11.7 Å². The van der Waals surface area contributed by atoms with Crippen molar-refractivity contribution < 1.29 is 9.53 Å². The van der Waals surface area contributed by atoms with Crippen LogP contribution in [0, 0.1) is 0 Å². The van der Waals surface area contributed by atoms with Gasteiger partial charge in [0.25, 0.3) is 0 Å². The molecule has 6 nitrogen and oxygen atoms in total. The number of aliphatic imine (C=N–C) groups is 1. The summed E-state index contributed by atoms with van der Waals surface area (Å²) in [6, 6.07) is 5.33. The average molecular weight is 503 g/mol. The quantitative estimate of drug-likeness (QED) is 0.248. The summed E-state index contributed by atoms with van der Waals surface area (Å²) in [4.78, 5) is 15.6. The Bertz CT molecular complexity index is 592. The Hall–Kier alpha value is -0.930. The fraction of sp³-hybridized carbons (Fsp3) is 0.500. The maximum absolute atomic E-state index is 11.5. The predicted molar refractivity (Wildman–Crippen MR) is 114 cm³/mol. The van der Waals surface area contributed by atoms with Crippen LogP contribution in [0.1, 0.15) is 26.3 Å². The molecule has 0 aliphatic rings. The SMILES string of the molecule is CN=C(NCCNC(=O)OC(C)(C)C)NCc1ccc(Cl)cc1Cl.I. The number of carbonyl (C=O) groups is 1. The summed E-state index contributed by atoms with van der Waals surface area (Å²) < 4.78 is 5.15. The summed E-state index contributed by atoms with van der Waals surface area (Å²) in [5, 5.41) is 10.1. The van der Waals surface area contributed by atoms with Gasteiger partial charge in [0.2, 0.25) is 0 Å². The first-order valence-corrected chi connectivity index (χ1v) is 8.32. The van der Waals surface area contributed by atoms with Gasteiger partial charge in [0.15, 0.2) is 5.96 Å². The number of hydrogen-bond donors (Lipinski definition) is 3. The van der Waals surface area contributed by atoms with Crippen LogP contribution in [0.15, 0.2) is 23.2 Å². The smallest absolute Gasteiger partial charge is 0.407 e. The van der Waals surface area contributed by atoms with Crippen molar-refractivity contribution in [3.8, 4) is 0 Å². The molecule has 0 saturated heterocycles. The molecule has 0 spiro atoms. The summed E-state index contributed by atoms with van der Waals surface area (Å²) in [5.74, 6) is 0.604. The van der Waals surface area contributed by atoms with Crippen LogP contribution in [0.3, 0.4) is 0 Å². The van der Waals surface area contributed by atoms with Crippen molar-refractivity contribution in [3.63, 3.8) is 0 Å². The number of carbonyl (C=O) groups excluding carboxylic acids is 1. The second-order valence-corrected chi connectivity index (χ2v) is 6.86. The highest BCUT2D eigenvalue weighted by Gasteiger charge is 2.15. The van der Waals surface area contributed by atoms with E-state index in [1.54, 1.807) is 19.2 Å². The zero-order chi connectivity index (χ0) is 18.2. The van der Waals surface area contributed by atoms with E-state index in [0.29, 0.717) is 35.6 Å². The molecule has 1 aromatic rings. The lowest BCUT2D eigenvalue weighted by molar-refractivity contribution is 0.0529. The molecule has 0 atom stereocenters. The Morgan fingerprint density at radius 1 is 1.16 bits per heavy atom. The summed E-state index contributed by atoms with van der Waals surface area (Å²) >= 11 is 12.0. The Balaban J connectivity index is 0.00000576. The van der Waals surface area contributed by atoms with Crippen molar-refractivity contribution in [2.24, 2.45) is 4.99 Å². The highest BCUT2D eigenvalue weighted by molar-refractivity contribution is 14.0. The van der Waals surface area contributed by atoms with Crippen LogP contribution >= 0.6 is 47.2 Å². The van der Waals surface area contributed by atoms with Gasteiger partial charge in [0, 0.05) is 36.7 Å². The van der Waals surface area contributed by atoms with Gasteiger partial charge in [-0.3, -0.25) is 4.99 Å². The van der Waals surface area contributed by atoms with E-state index >= 15 is 0 Å². The van der Waals surface area contributed by atoms with Gasteiger partial charge in [0.05, 0.1) is 0 Å². The highest BCUT2D eigenvalue weighted by atomic mass is 127. The third-order valence-electron chi connectivity index (χ3n) is 2.77. The zero-order valence-corrected chi connectivity index (χ0v) is 18.6. The van der Waals surface area contributed by atoms with E-state index in [9.17, 15) is 4.79 Å². The maximum Gasteiger partial charge on any atom is 0.407 e. The van der Waals surface area contributed by atoms with Crippen LogP contribution in [0.2, 0.25) is 10.0 Å². The molecule has 0 bridgehead atoms. The molecule has 0 heterocycles. The molecular formula is C16H25Cl2IN4O2. The van der Waals surface area contributed by atoms with Crippen molar-refractivity contribution >= 4 is 59.2 Å². The Morgan fingerprint density at radius 2 is 1.80 bits per heavy atom. The average Bonchev–Trinajstić information content (AvgIpc) is 2.46. The van der Waals surface area contributed by atoms with Gasteiger partial charge in [-0.05, 0) is 38.5 Å². The number of hydrogen-bond acceptors (Lipinski definition) is 3. The first kappa shape index (κ1) is 24.1. The molecule has 0 aliphatic heterocycles. The van der Waals surface area contributed by atoms with E-state index in [1.807, 2.05) is 26.8 Å². The van der Waals surface area contributed by atoms with Crippen LogP contribution in [0.5, 0.6) is 0 Å². The lowest BCUT2D eigenvalue weighted by Crippen LogP contribution is -2.42. The molecule has 25 heavy (non-hydrogen) atoms. The van der Waals surface area contributed by atoms with Crippen LogP contribution in [0.4, 0.5) is 4.79 Å². The van der Waals surface area contributed by atoms with E-state index in [0.717, 1.165) is 5.56 Å². The molecule has 3 N–H and O–H groups in total. The molecule has 0 saturated carbocycles. The van der Waals surface area contributed by atoms with Crippen molar-refractivity contribution in [1.29, 1.82) is 0 Å². The molecule has 0 aromatic heterocycles. The predicted octanol–water partition coefficient (Wildman–Crippen LogP) is 3.80. The number of halogens is 3. The second kappa shape index (κ2) is 11.6. The third-order valence-corrected chi connectivity index (χ3v) is 3.36. The number of nitrogens with zero attached hydrogens (tertiary/aromatic N) is 1. The number of ether oxygens (including phenoxy) is 1. The molecule has 0 aliphatic carbocycles. The van der Waals surface area contributed by atoms with Crippen LogP contribution in [0.25, 0.3) is 0 Å². The topological polar surface area (TPSA) is 74.8 Å². The highest BCUT2D eigenvalue weighted by Crippen LogP contribution is 2.20. The molecular weight excluding hydrogens is 478 g/mol. The monoisotopic (exact) mass is 502 g/mol. The van der Waals surface area contributed by atoms with Crippen LogP contribution < -0.4 is 16.0 Å². The zero-order valence-electron chi connectivity index (χ0n) is 14.8. The van der Waals surface area contributed by atoms with Crippen LogP contribution in [-0.4, -0.2) is 37.8 Å². The Labute approximate surface area is 176 Å². The maximum atomic E-state index is 11.5. The molecule has 0 unspecified atom stereocenters. The van der Waals surface area contributed by atoms with Crippen molar-refractivity contribution in [2.75, 3.05) is 20.1 Å². The standard InChI is InChI=1S/C16H24Cl2N4O2.HI/c1-16(2,3)24-15(23)21-8-7-20-14(19-4)22-10-11-5-6-12(17)9-13(11)18;/h5-6,9H,7-8,10H2,1-4H3,(H,21,23)(H2,19,20,22);1H. The van der Waals surface area contributed by atoms with Gasteiger partial charge in [-0.25, -0.2) is 4.79 Å². The minimum atomic E-state index is -0.507. The number of nitrogens with one attached hydrogen (secondary N) is 3. The Morgan fingerprint density at radius 3 is 2.36 bits per heavy atom. The van der Waals surface area contributed by atoms with E-state index in [4.69, 9.17) is 27.9 Å². The third kappa shape index (κ3) is 10.6. The number of benzene rings is 1. The van der Waals surface area contributed by atoms with Crippen molar-refractivity contribution in [1.82, 2.24) is 16.0 Å². The van der Waals surface area contributed by atoms with Gasteiger partial charge in [-0.1, -0.05) is 29.3 Å². The molecule has 0 radical (unpaired) electrons. The summed E-state index contributed by atoms with van der Waals surface area (Å²) in [6.45, 7) is 6.88. The van der Waals surface area contributed by atoms with Gasteiger partial charge in [0.1, 0.15) is 5.60 Å². The van der Waals surface area contributed by atoms with Gasteiger partial charge < -0.3 is 20.7 Å². The summed E-state index contributed by atoms with van der Waals surface area (Å²) in [7, 11) is 1.67. The molecule has 1 aromatic carbocycles. The lowest BCUT2D eigenvalue weighted by atomic mass is 10.2. The van der Waals surface area contributed by atoms with Crippen molar-refractivity contribution in [2.45, 2.75) is 32.9 Å².